The van der Waals surface area contributed by atoms with Gasteiger partial charge in [-0.2, -0.15) is 0 Å². The van der Waals surface area contributed by atoms with Gasteiger partial charge in [-0.15, -0.1) is 0 Å². The molecule has 1 heterocycles. The SMILES string of the molecule is Cc1cc(Br)cnc1Nc1c(F)c(F)c(F)c(F)c1F. The Kier molecular flexibility index (Phi) is 3.94. The van der Waals surface area contributed by atoms with E-state index in [2.05, 4.69) is 26.2 Å². The van der Waals surface area contributed by atoms with Crippen LogP contribution in [0.3, 0.4) is 0 Å². The highest BCUT2D eigenvalue weighted by atomic mass is 79.9. The van der Waals surface area contributed by atoms with Gasteiger partial charge in [-0.25, -0.2) is 26.9 Å². The van der Waals surface area contributed by atoms with Crippen LogP contribution in [0.5, 0.6) is 0 Å². The molecule has 0 spiro atoms. The lowest BCUT2D eigenvalue weighted by Gasteiger charge is -2.12. The zero-order valence-electron chi connectivity index (χ0n) is 9.87. The highest BCUT2D eigenvalue weighted by Crippen LogP contribution is 2.30. The molecule has 2 nitrogen and oxygen atoms in total. The molecule has 0 fully saturated rings. The van der Waals surface area contributed by atoms with Crippen molar-refractivity contribution in [2.24, 2.45) is 0 Å². The van der Waals surface area contributed by atoms with Crippen LogP contribution in [0.25, 0.3) is 0 Å². The quantitative estimate of drug-likeness (QED) is 0.485. The van der Waals surface area contributed by atoms with E-state index in [1.54, 1.807) is 13.0 Å². The third-order valence-electron chi connectivity index (χ3n) is 2.50. The summed E-state index contributed by atoms with van der Waals surface area (Å²) in [5, 5.41) is 2.12. The monoisotopic (exact) mass is 352 g/mol. The van der Waals surface area contributed by atoms with Crippen molar-refractivity contribution in [1.82, 2.24) is 4.98 Å². The van der Waals surface area contributed by atoms with Crippen LogP contribution in [0.1, 0.15) is 5.56 Å². The van der Waals surface area contributed by atoms with Crippen LogP contribution in [0, 0.1) is 36.0 Å². The van der Waals surface area contributed by atoms with Crippen molar-refractivity contribution in [3.63, 3.8) is 0 Å². The van der Waals surface area contributed by atoms with E-state index >= 15 is 0 Å². The number of anilines is 2. The molecule has 0 saturated carbocycles. The molecule has 0 aliphatic carbocycles. The first-order valence-electron chi connectivity index (χ1n) is 5.23. The standard InChI is InChI=1S/C12H6BrF5N2/c1-4-2-5(13)3-19-12(4)20-11-9(17)7(15)6(14)8(16)10(11)18/h2-3H,1H3,(H,19,20). The number of rotatable bonds is 2. The topological polar surface area (TPSA) is 24.9 Å². The minimum absolute atomic E-state index is 0.0172. The fraction of sp³-hybridized carbons (Fsp3) is 0.0833. The highest BCUT2D eigenvalue weighted by Gasteiger charge is 2.26. The fourth-order valence-corrected chi connectivity index (χ4v) is 1.95. The van der Waals surface area contributed by atoms with Crippen molar-refractivity contribution in [2.45, 2.75) is 6.92 Å². The summed E-state index contributed by atoms with van der Waals surface area (Å²) in [6.07, 6.45) is 1.32. The predicted molar refractivity (Wildman–Crippen MR) is 66.2 cm³/mol. The lowest BCUT2D eigenvalue weighted by atomic mass is 10.2. The normalized spacial score (nSPS) is 10.8. The Morgan fingerprint density at radius 2 is 1.45 bits per heavy atom. The van der Waals surface area contributed by atoms with Gasteiger partial charge in [0.2, 0.25) is 5.82 Å². The number of hydrogen-bond acceptors (Lipinski definition) is 2. The maximum atomic E-state index is 13.5. The van der Waals surface area contributed by atoms with Crippen LogP contribution in [-0.4, -0.2) is 4.98 Å². The van der Waals surface area contributed by atoms with E-state index in [9.17, 15) is 22.0 Å². The zero-order valence-corrected chi connectivity index (χ0v) is 11.5. The van der Waals surface area contributed by atoms with Crippen LogP contribution in [0.15, 0.2) is 16.7 Å². The number of nitrogens with one attached hydrogen (secondary N) is 1. The van der Waals surface area contributed by atoms with Crippen LogP contribution < -0.4 is 5.32 Å². The Hall–Kier alpha value is -1.70. The summed E-state index contributed by atoms with van der Waals surface area (Å²) in [7, 11) is 0. The average molecular weight is 353 g/mol. The third kappa shape index (κ3) is 2.47. The van der Waals surface area contributed by atoms with Crippen molar-refractivity contribution >= 4 is 27.4 Å². The highest BCUT2D eigenvalue weighted by molar-refractivity contribution is 9.10. The van der Waals surface area contributed by atoms with Gasteiger partial charge >= 0.3 is 0 Å². The number of benzene rings is 1. The molecule has 0 aliphatic rings. The Bertz CT molecular complexity index is 661. The lowest BCUT2D eigenvalue weighted by molar-refractivity contribution is 0.382. The van der Waals surface area contributed by atoms with E-state index in [1.807, 2.05) is 0 Å². The Morgan fingerprint density at radius 3 is 1.95 bits per heavy atom. The van der Waals surface area contributed by atoms with E-state index < -0.39 is 34.8 Å². The Labute approximate surface area is 118 Å². The Morgan fingerprint density at radius 1 is 0.950 bits per heavy atom. The van der Waals surface area contributed by atoms with Crippen molar-refractivity contribution < 1.29 is 22.0 Å². The summed E-state index contributed by atoms with van der Waals surface area (Å²) in [6.45, 7) is 1.56. The smallest absolute Gasteiger partial charge is 0.200 e. The second-order valence-corrected chi connectivity index (χ2v) is 4.80. The molecule has 0 aliphatic heterocycles. The summed E-state index contributed by atoms with van der Waals surface area (Å²) < 4.78 is 66.5. The summed E-state index contributed by atoms with van der Waals surface area (Å²) in [6, 6.07) is 1.57. The largest absolute Gasteiger partial charge is 0.335 e. The molecule has 20 heavy (non-hydrogen) atoms. The number of hydrogen-bond donors (Lipinski definition) is 1. The molecule has 8 heteroatoms. The Balaban J connectivity index is 2.54. The van der Waals surface area contributed by atoms with E-state index in [1.165, 1.54) is 6.20 Å². The number of halogens is 6. The van der Waals surface area contributed by atoms with Gasteiger partial charge < -0.3 is 5.32 Å². The van der Waals surface area contributed by atoms with Crippen molar-refractivity contribution in [3.05, 3.63) is 51.4 Å². The van der Waals surface area contributed by atoms with Crippen LogP contribution in [0.2, 0.25) is 0 Å². The van der Waals surface area contributed by atoms with Gasteiger partial charge in [-0.3, -0.25) is 0 Å². The van der Waals surface area contributed by atoms with Gasteiger partial charge in [-0.1, -0.05) is 0 Å². The van der Waals surface area contributed by atoms with Gasteiger partial charge in [-0.05, 0) is 34.5 Å². The minimum atomic E-state index is -2.20. The van der Waals surface area contributed by atoms with E-state index in [0.717, 1.165) is 0 Å². The molecule has 1 aromatic heterocycles. The van der Waals surface area contributed by atoms with Gasteiger partial charge in [0, 0.05) is 10.7 Å². The molecule has 0 amide bonds. The lowest BCUT2D eigenvalue weighted by Crippen LogP contribution is -2.08. The predicted octanol–water partition coefficient (Wildman–Crippen LogP) is 4.59. The van der Waals surface area contributed by atoms with Crippen molar-refractivity contribution in [1.29, 1.82) is 0 Å². The second kappa shape index (κ2) is 5.35. The minimum Gasteiger partial charge on any atom is -0.335 e. The summed E-state index contributed by atoms with van der Waals surface area (Å²) >= 11 is 3.14. The van der Waals surface area contributed by atoms with Gasteiger partial charge in [0.1, 0.15) is 11.5 Å². The molecule has 0 unspecified atom stereocenters. The maximum Gasteiger partial charge on any atom is 0.200 e. The van der Waals surface area contributed by atoms with Gasteiger partial charge in [0.25, 0.3) is 0 Å². The van der Waals surface area contributed by atoms with Crippen LogP contribution in [-0.2, 0) is 0 Å². The molecule has 0 saturated heterocycles. The van der Waals surface area contributed by atoms with Crippen molar-refractivity contribution in [3.8, 4) is 0 Å². The molecule has 0 atom stereocenters. The van der Waals surface area contributed by atoms with Crippen LogP contribution >= 0.6 is 15.9 Å². The summed E-state index contributed by atoms with van der Waals surface area (Å²) in [5.74, 6) is -10.1. The van der Waals surface area contributed by atoms with Gasteiger partial charge in [0.05, 0.1) is 0 Å². The molecular weight excluding hydrogens is 347 g/mol. The summed E-state index contributed by atoms with van der Waals surface area (Å²) in [5.41, 5.74) is -0.678. The third-order valence-corrected chi connectivity index (χ3v) is 2.93. The first-order valence-corrected chi connectivity index (χ1v) is 6.02. The molecular formula is C12H6BrF5N2. The molecule has 1 N–H and O–H groups in total. The van der Waals surface area contributed by atoms with E-state index in [-0.39, 0.29) is 5.82 Å². The molecule has 2 aromatic rings. The number of nitrogens with zero attached hydrogens (tertiary/aromatic N) is 1. The number of aromatic nitrogens is 1. The van der Waals surface area contributed by atoms with E-state index in [0.29, 0.717) is 10.0 Å². The first-order chi connectivity index (χ1) is 9.32. The molecule has 1 aromatic carbocycles. The second-order valence-electron chi connectivity index (χ2n) is 3.89. The first kappa shape index (κ1) is 14.7. The van der Waals surface area contributed by atoms with E-state index in [4.69, 9.17) is 0 Å². The van der Waals surface area contributed by atoms with Crippen molar-refractivity contribution in [2.75, 3.05) is 5.32 Å². The molecule has 2 rings (SSSR count). The maximum absolute atomic E-state index is 13.5. The molecule has 0 radical (unpaired) electrons. The number of aryl methyl sites for hydroxylation is 1. The summed E-state index contributed by atoms with van der Waals surface area (Å²) in [4.78, 5) is 3.81. The molecule has 0 bridgehead atoms. The molecule has 106 valence electrons. The van der Waals surface area contributed by atoms with Crippen LogP contribution in [0.4, 0.5) is 33.5 Å². The number of pyridine rings is 1. The zero-order chi connectivity index (χ0) is 15.0. The average Bonchev–Trinajstić information content (AvgIpc) is 2.41. The fourth-order valence-electron chi connectivity index (χ4n) is 1.50. The van der Waals surface area contributed by atoms with Gasteiger partial charge in [0.15, 0.2) is 23.3 Å².